The number of nitrogens with one attached hydrogen (secondary N) is 1. The van der Waals surface area contributed by atoms with E-state index in [1.54, 1.807) is 0 Å². The number of benzene rings is 1. The van der Waals surface area contributed by atoms with Crippen LogP contribution in [0.4, 0.5) is 0 Å². The van der Waals surface area contributed by atoms with Crippen molar-refractivity contribution in [3.8, 4) is 0 Å². The Morgan fingerprint density at radius 2 is 2.20 bits per heavy atom. The Hall–Kier alpha value is -1.39. The molecule has 0 aliphatic carbocycles. The Balaban J connectivity index is 1.66. The van der Waals surface area contributed by atoms with Crippen LogP contribution in [0.2, 0.25) is 0 Å². The van der Waals surface area contributed by atoms with Gasteiger partial charge in [0.2, 0.25) is 0 Å². The number of amides is 1. The fourth-order valence-corrected chi connectivity index (χ4v) is 3.51. The summed E-state index contributed by atoms with van der Waals surface area (Å²) in [6.45, 7) is 2.79. The van der Waals surface area contributed by atoms with E-state index in [1.807, 2.05) is 24.3 Å². The molecule has 2 aliphatic heterocycles. The second-order valence-electron chi connectivity index (χ2n) is 5.87. The average molecular weight is 273 g/mol. The normalized spacial score (nSPS) is 26.2. The van der Waals surface area contributed by atoms with Gasteiger partial charge in [-0.2, -0.15) is 0 Å². The Bertz CT molecular complexity index is 488. The van der Waals surface area contributed by atoms with Gasteiger partial charge in [0.1, 0.15) is 0 Å². The van der Waals surface area contributed by atoms with Crippen molar-refractivity contribution >= 4 is 5.91 Å². The van der Waals surface area contributed by atoms with Crippen LogP contribution in [-0.4, -0.2) is 36.0 Å². The highest BCUT2D eigenvalue weighted by atomic mass is 16.1. The van der Waals surface area contributed by atoms with Gasteiger partial charge >= 0.3 is 0 Å². The molecule has 2 atom stereocenters. The molecule has 2 unspecified atom stereocenters. The van der Waals surface area contributed by atoms with Gasteiger partial charge in [0.25, 0.3) is 5.91 Å². The van der Waals surface area contributed by atoms with Crippen LogP contribution < -0.4 is 11.1 Å². The van der Waals surface area contributed by atoms with Crippen LogP contribution in [0.15, 0.2) is 24.3 Å². The largest absolute Gasteiger partial charge is 0.348 e. The first-order valence-electron chi connectivity index (χ1n) is 7.62. The minimum Gasteiger partial charge on any atom is -0.348 e. The van der Waals surface area contributed by atoms with Crippen LogP contribution in [0.25, 0.3) is 0 Å². The van der Waals surface area contributed by atoms with E-state index in [0.717, 1.165) is 24.1 Å². The van der Waals surface area contributed by atoms with Gasteiger partial charge in [-0.25, -0.2) is 0 Å². The Labute approximate surface area is 120 Å². The number of carbonyl (C=O) groups excluding carboxylic acids is 1. The lowest BCUT2D eigenvalue weighted by Crippen LogP contribution is -2.46. The molecule has 0 aromatic heterocycles. The van der Waals surface area contributed by atoms with Crippen LogP contribution in [0.3, 0.4) is 0 Å². The molecule has 4 nitrogen and oxygen atoms in total. The van der Waals surface area contributed by atoms with Crippen LogP contribution in [0.5, 0.6) is 0 Å². The van der Waals surface area contributed by atoms with Crippen molar-refractivity contribution in [3.63, 3.8) is 0 Å². The number of hydrogen-bond donors (Lipinski definition) is 2. The molecule has 1 aromatic rings. The Morgan fingerprint density at radius 1 is 1.30 bits per heavy atom. The van der Waals surface area contributed by atoms with E-state index >= 15 is 0 Å². The maximum atomic E-state index is 12.4. The second kappa shape index (κ2) is 5.94. The zero-order valence-electron chi connectivity index (χ0n) is 11.8. The monoisotopic (exact) mass is 273 g/mol. The summed E-state index contributed by atoms with van der Waals surface area (Å²) in [5, 5.41) is 3.22. The number of rotatable bonds is 3. The molecule has 0 saturated carbocycles. The first kappa shape index (κ1) is 13.6. The molecule has 0 bridgehead atoms. The summed E-state index contributed by atoms with van der Waals surface area (Å²) in [5.41, 5.74) is 7.36. The molecular weight excluding hydrogens is 250 g/mol. The number of hydrogen-bond acceptors (Lipinski definition) is 3. The summed E-state index contributed by atoms with van der Waals surface area (Å²) in [4.78, 5) is 14.9. The third kappa shape index (κ3) is 2.72. The van der Waals surface area contributed by atoms with Crippen molar-refractivity contribution in [2.45, 2.75) is 44.3 Å². The molecule has 2 heterocycles. The zero-order valence-corrected chi connectivity index (χ0v) is 11.8. The molecule has 2 aliphatic rings. The average Bonchev–Trinajstić information content (AvgIpc) is 2.90. The van der Waals surface area contributed by atoms with E-state index in [0.29, 0.717) is 18.6 Å². The topological polar surface area (TPSA) is 58.4 Å². The summed E-state index contributed by atoms with van der Waals surface area (Å²) < 4.78 is 0. The molecule has 3 rings (SSSR count). The first-order chi connectivity index (χ1) is 9.78. The highest BCUT2D eigenvalue weighted by Gasteiger charge is 2.36. The minimum absolute atomic E-state index is 0.0396. The van der Waals surface area contributed by atoms with Crippen molar-refractivity contribution in [2.24, 2.45) is 5.73 Å². The van der Waals surface area contributed by atoms with E-state index in [9.17, 15) is 4.79 Å². The van der Waals surface area contributed by atoms with Gasteiger partial charge in [-0.05, 0) is 43.5 Å². The number of nitrogens with zero attached hydrogens (tertiary/aromatic N) is 1. The smallest absolute Gasteiger partial charge is 0.251 e. The maximum absolute atomic E-state index is 12.4. The standard InChI is InChI=1S/C16H23N3O/c17-11-12-4-3-5-13(10-12)16(20)18-14-7-9-19-8-2-1-6-15(14)19/h3-5,10,14-15H,1-2,6-9,11,17H2,(H,18,20). The van der Waals surface area contributed by atoms with E-state index in [1.165, 1.54) is 25.8 Å². The molecule has 108 valence electrons. The second-order valence-corrected chi connectivity index (χ2v) is 5.87. The van der Waals surface area contributed by atoms with Gasteiger partial charge in [-0.1, -0.05) is 18.6 Å². The summed E-state index contributed by atoms with van der Waals surface area (Å²) in [5.74, 6) is 0.0396. The van der Waals surface area contributed by atoms with Crippen molar-refractivity contribution in [1.29, 1.82) is 0 Å². The predicted molar refractivity (Wildman–Crippen MR) is 79.4 cm³/mol. The molecule has 1 amide bonds. The van der Waals surface area contributed by atoms with Crippen molar-refractivity contribution in [3.05, 3.63) is 35.4 Å². The molecule has 0 radical (unpaired) electrons. The summed E-state index contributed by atoms with van der Waals surface area (Å²) in [6.07, 6.45) is 4.88. The van der Waals surface area contributed by atoms with Crippen LogP contribution in [-0.2, 0) is 6.54 Å². The lowest BCUT2D eigenvalue weighted by Gasteiger charge is -2.32. The lowest BCUT2D eigenvalue weighted by molar-refractivity contribution is 0.0915. The van der Waals surface area contributed by atoms with E-state index < -0.39 is 0 Å². The van der Waals surface area contributed by atoms with Crippen LogP contribution in [0, 0.1) is 0 Å². The van der Waals surface area contributed by atoms with Crippen molar-refractivity contribution in [2.75, 3.05) is 13.1 Å². The highest BCUT2D eigenvalue weighted by Crippen LogP contribution is 2.27. The van der Waals surface area contributed by atoms with Gasteiger partial charge in [-0.3, -0.25) is 9.69 Å². The van der Waals surface area contributed by atoms with Crippen LogP contribution in [0.1, 0.15) is 41.6 Å². The SMILES string of the molecule is NCc1cccc(C(=O)NC2CCN3CCCCC23)c1. The zero-order chi connectivity index (χ0) is 13.9. The molecular formula is C16H23N3O. The summed E-state index contributed by atoms with van der Waals surface area (Å²) in [7, 11) is 0. The molecule has 20 heavy (non-hydrogen) atoms. The van der Waals surface area contributed by atoms with Gasteiger partial charge < -0.3 is 11.1 Å². The van der Waals surface area contributed by atoms with E-state index in [4.69, 9.17) is 5.73 Å². The molecule has 1 aromatic carbocycles. The van der Waals surface area contributed by atoms with Crippen LogP contribution >= 0.6 is 0 Å². The number of nitrogens with two attached hydrogens (primary N) is 1. The maximum Gasteiger partial charge on any atom is 0.251 e. The molecule has 0 spiro atoms. The van der Waals surface area contributed by atoms with Gasteiger partial charge in [0.15, 0.2) is 0 Å². The number of piperidine rings is 1. The fourth-order valence-electron chi connectivity index (χ4n) is 3.51. The Morgan fingerprint density at radius 3 is 3.05 bits per heavy atom. The van der Waals surface area contributed by atoms with Gasteiger partial charge in [0, 0.05) is 30.7 Å². The van der Waals surface area contributed by atoms with Gasteiger partial charge in [0.05, 0.1) is 0 Å². The van der Waals surface area contributed by atoms with E-state index in [2.05, 4.69) is 10.2 Å². The lowest BCUT2D eigenvalue weighted by atomic mass is 9.98. The third-order valence-electron chi connectivity index (χ3n) is 4.60. The summed E-state index contributed by atoms with van der Waals surface area (Å²) in [6, 6.07) is 8.47. The van der Waals surface area contributed by atoms with Crippen molar-refractivity contribution in [1.82, 2.24) is 10.2 Å². The molecule has 2 saturated heterocycles. The van der Waals surface area contributed by atoms with E-state index in [-0.39, 0.29) is 5.91 Å². The third-order valence-corrected chi connectivity index (χ3v) is 4.60. The Kier molecular flexibility index (Phi) is 4.03. The van der Waals surface area contributed by atoms with Gasteiger partial charge in [-0.15, -0.1) is 0 Å². The quantitative estimate of drug-likeness (QED) is 0.877. The minimum atomic E-state index is 0.0396. The first-order valence-corrected chi connectivity index (χ1v) is 7.62. The summed E-state index contributed by atoms with van der Waals surface area (Å²) >= 11 is 0. The molecule has 2 fully saturated rings. The molecule has 3 N–H and O–H groups in total. The number of carbonyl (C=O) groups is 1. The predicted octanol–water partition coefficient (Wildman–Crippen LogP) is 1.50. The fraction of sp³-hybridized carbons (Fsp3) is 0.562. The number of fused-ring (bicyclic) bond motifs is 1. The molecule has 4 heteroatoms. The van der Waals surface area contributed by atoms with Crippen molar-refractivity contribution < 1.29 is 4.79 Å². The highest BCUT2D eigenvalue weighted by molar-refractivity contribution is 5.94.